The summed E-state index contributed by atoms with van der Waals surface area (Å²) < 4.78 is 0. The Labute approximate surface area is 112 Å². The Balaban J connectivity index is 2.08. The fraction of sp³-hybridized carbons (Fsp3) is 0.769. The number of aliphatic carboxylic acids is 1. The number of carbonyl (C=O) groups excluding carboxylic acids is 2. The van der Waals surface area contributed by atoms with Gasteiger partial charge < -0.3 is 15.3 Å². The zero-order valence-electron chi connectivity index (χ0n) is 11.3. The molecule has 2 amide bonds. The molecule has 0 aromatic rings. The third kappa shape index (κ3) is 2.43. The number of piperazine rings is 1. The summed E-state index contributed by atoms with van der Waals surface area (Å²) in [5.41, 5.74) is -0.851. The van der Waals surface area contributed by atoms with Crippen molar-refractivity contribution in [2.45, 2.75) is 38.6 Å². The second-order valence-corrected chi connectivity index (χ2v) is 5.85. The van der Waals surface area contributed by atoms with Gasteiger partial charge in [-0.3, -0.25) is 14.4 Å². The number of nitrogens with one attached hydrogen (secondary N) is 1. The molecule has 0 spiro atoms. The minimum Gasteiger partial charge on any atom is -0.481 e. The minimum atomic E-state index is -0.851. The first-order valence-electron chi connectivity index (χ1n) is 6.66. The average molecular weight is 268 g/mol. The van der Waals surface area contributed by atoms with Crippen molar-refractivity contribution in [2.75, 3.05) is 13.1 Å². The number of hydrogen-bond acceptors (Lipinski definition) is 3. The van der Waals surface area contributed by atoms with Crippen molar-refractivity contribution in [3.8, 4) is 0 Å². The summed E-state index contributed by atoms with van der Waals surface area (Å²) in [6, 6.07) is 0. The molecule has 0 radical (unpaired) electrons. The van der Waals surface area contributed by atoms with Crippen molar-refractivity contribution in [3.05, 3.63) is 0 Å². The monoisotopic (exact) mass is 268 g/mol. The number of carboxylic acid groups (broad SMARTS) is 1. The maximum absolute atomic E-state index is 12.5. The van der Waals surface area contributed by atoms with E-state index in [0.717, 1.165) is 0 Å². The smallest absolute Gasteiger partial charge is 0.306 e. The summed E-state index contributed by atoms with van der Waals surface area (Å²) >= 11 is 0. The molecular formula is C13H20N2O4. The Kier molecular flexibility index (Phi) is 3.52. The molecule has 106 valence electrons. The van der Waals surface area contributed by atoms with Gasteiger partial charge in [0.05, 0.1) is 5.92 Å². The molecule has 1 saturated heterocycles. The molecule has 0 unspecified atom stereocenters. The molecule has 2 atom stereocenters. The molecule has 1 aliphatic heterocycles. The van der Waals surface area contributed by atoms with Gasteiger partial charge in [-0.1, -0.05) is 0 Å². The molecule has 19 heavy (non-hydrogen) atoms. The third-order valence-corrected chi connectivity index (χ3v) is 4.25. The van der Waals surface area contributed by atoms with Gasteiger partial charge in [-0.05, 0) is 33.1 Å². The zero-order valence-corrected chi connectivity index (χ0v) is 11.3. The van der Waals surface area contributed by atoms with Crippen LogP contribution in [0.4, 0.5) is 0 Å². The van der Waals surface area contributed by atoms with Gasteiger partial charge in [0.15, 0.2) is 0 Å². The third-order valence-electron chi connectivity index (χ3n) is 4.25. The fourth-order valence-electron chi connectivity index (χ4n) is 2.94. The molecule has 2 rings (SSSR count). The first-order chi connectivity index (χ1) is 8.84. The molecule has 2 aliphatic rings. The molecule has 2 fully saturated rings. The Bertz CT molecular complexity index is 419. The van der Waals surface area contributed by atoms with Crippen molar-refractivity contribution in [3.63, 3.8) is 0 Å². The topological polar surface area (TPSA) is 86.7 Å². The molecule has 6 heteroatoms. The summed E-state index contributed by atoms with van der Waals surface area (Å²) in [6.07, 6.45) is 1.54. The summed E-state index contributed by atoms with van der Waals surface area (Å²) in [4.78, 5) is 36.8. The van der Waals surface area contributed by atoms with Crippen LogP contribution in [-0.2, 0) is 14.4 Å². The highest BCUT2D eigenvalue weighted by atomic mass is 16.4. The molecular weight excluding hydrogens is 248 g/mol. The van der Waals surface area contributed by atoms with Crippen LogP contribution in [0.15, 0.2) is 0 Å². The number of carbonyl (C=O) groups is 3. The van der Waals surface area contributed by atoms with E-state index in [4.69, 9.17) is 5.11 Å². The summed E-state index contributed by atoms with van der Waals surface area (Å²) in [5.74, 6) is -1.74. The molecule has 1 aliphatic carbocycles. The van der Waals surface area contributed by atoms with E-state index >= 15 is 0 Å². The van der Waals surface area contributed by atoms with E-state index in [1.807, 2.05) is 0 Å². The van der Waals surface area contributed by atoms with Crippen LogP contribution < -0.4 is 5.32 Å². The number of amides is 2. The summed E-state index contributed by atoms with van der Waals surface area (Å²) in [5, 5.41) is 11.7. The Morgan fingerprint density at radius 3 is 2.53 bits per heavy atom. The summed E-state index contributed by atoms with van der Waals surface area (Å²) in [7, 11) is 0. The number of rotatable bonds is 2. The van der Waals surface area contributed by atoms with Gasteiger partial charge in [-0.15, -0.1) is 0 Å². The molecule has 0 aromatic carbocycles. The van der Waals surface area contributed by atoms with Crippen LogP contribution >= 0.6 is 0 Å². The summed E-state index contributed by atoms with van der Waals surface area (Å²) in [6.45, 7) is 4.40. The van der Waals surface area contributed by atoms with Gasteiger partial charge in [-0.2, -0.15) is 0 Å². The molecule has 0 aromatic heterocycles. The fourth-order valence-corrected chi connectivity index (χ4v) is 2.94. The van der Waals surface area contributed by atoms with Gasteiger partial charge in [0.25, 0.3) is 0 Å². The predicted molar refractivity (Wildman–Crippen MR) is 67.3 cm³/mol. The van der Waals surface area contributed by atoms with Crippen molar-refractivity contribution >= 4 is 17.8 Å². The highest BCUT2D eigenvalue weighted by molar-refractivity contribution is 5.92. The van der Waals surface area contributed by atoms with Gasteiger partial charge in [0.1, 0.15) is 5.54 Å². The highest BCUT2D eigenvalue weighted by Gasteiger charge is 2.44. The van der Waals surface area contributed by atoms with E-state index in [-0.39, 0.29) is 17.7 Å². The molecule has 2 N–H and O–H groups in total. The SMILES string of the molecule is CC1(C)C(=O)NCCN1C(=O)[C@@H]1CC[C@H](C(=O)O)C1. The number of hydrogen-bond donors (Lipinski definition) is 2. The largest absolute Gasteiger partial charge is 0.481 e. The standard InChI is InChI=1S/C13H20N2O4/c1-13(2)12(19)14-5-6-15(13)10(16)8-3-4-9(7-8)11(17)18/h8-9H,3-7H2,1-2H3,(H,14,19)(H,17,18)/t8-,9+/m1/s1. The second kappa shape index (κ2) is 4.83. The van der Waals surface area contributed by atoms with Gasteiger partial charge >= 0.3 is 5.97 Å². The van der Waals surface area contributed by atoms with Crippen molar-refractivity contribution in [2.24, 2.45) is 11.8 Å². The van der Waals surface area contributed by atoms with E-state index < -0.39 is 17.4 Å². The maximum atomic E-state index is 12.5. The molecule has 1 heterocycles. The Morgan fingerprint density at radius 2 is 1.95 bits per heavy atom. The van der Waals surface area contributed by atoms with Gasteiger partial charge in [0, 0.05) is 19.0 Å². The first kappa shape index (κ1) is 13.8. The minimum absolute atomic E-state index is 0.0800. The molecule has 1 saturated carbocycles. The van der Waals surface area contributed by atoms with Crippen LogP contribution in [0.2, 0.25) is 0 Å². The van der Waals surface area contributed by atoms with E-state index in [1.54, 1.807) is 18.7 Å². The maximum Gasteiger partial charge on any atom is 0.306 e. The predicted octanol–water partition coefficient (Wildman–Crippen LogP) is 0.224. The number of carboxylic acids is 1. The normalized spacial score (nSPS) is 30.0. The quantitative estimate of drug-likeness (QED) is 0.750. The van der Waals surface area contributed by atoms with E-state index in [9.17, 15) is 14.4 Å². The average Bonchev–Trinajstić information content (AvgIpc) is 2.81. The number of nitrogens with zero attached hydrogens (tertiary/aromatic N) is 1. The second-order valence-electron chi connectivity index (χ2n) is 5.85. The van der Waals surface area contributed by atoms with E-state index in [1.165, 1.54) is 0 Å². The Morgan fingerprint density at radius 1 is 1.32 bits per heavy atom. The zero-order chi connectivity index (χ0) is 14.2. The molecule has 0 bridgehead atoms. The van der Waals surface area contributed by atoms with Gasteiger partial charge in [-0.25, -0.2) is 0 Å². The lowest BCUT2D eigenvalue weighted by atomic mass is 9.95. The lowest BCUT2D eigenvalue weighted by Gasteiger charge is -2.42. The van der Waals surface area contributed by atoms with Crippen LogP contribution in [0, 0.1) is 11.8 Å². The van der Waals surface area contributed by atoms with E-state index in [0.29, 0.717) is 32.4 Å². The molecule has 6 nitrogen and oxygen atoms in total. The van der Waals surface area contributed by atoms with E-state index in [2.05, 4.69) is 5.32 Å². The lowest BCUT2D eigenvalue weighted by molar-refractivity contribution is -0.152. The van der Waals surface area contributed by atoms with Crippen LogP contribution in [0.3, 0.4) is 0 Å². The van der Waals surface area contributed by atoms with Crippen LogP contribution in [0.1, 0.15) is 33.1 Å². The van der Waals surface area contributed by atoms with Crippen molar-refractivity contribution < 1.29 is 19.5 Å². The van der Waals surface area contributed by atoms with Crippen LogP contribution in [0.25, 0.3) is 0 Å². The van der Waals surface area contributed by atoms with Crippen molar-refractivity contribution in [1.82, 2.24) is 10.2 Å². The van der Waals surface area contributed by atoms with Crippen LogP contribution in [-0.4, -0.2) is 46.4 Å². The highest BCUT2D eigenvalue weighted by Crippen LogP contribution is 2.34. The first-order valence-corrected chi connectivity index (χ1v) is 6.66. The Hall–Kier alpha value is -1.59. The van der Waals surface area contributed by atoms with Crippen molar-refractivity contribution in [1.29, 1.82) is 0 Å². The van der Waals surface area contributed by atoms with Gasteiger partial charge in [0.2, 0.25) is 11.8 Å². The lowest BCUT2D eigenvalue weighted by Crippen LogP contribution is -2.64. The van der Waals surface area contributed by atoms with Crippen LogP contribution in [0.5, 0.6) is 0 Å².